The van der Waals surface area contributed by atoms with Gasteiger partial charge in [0.1, 0.15) is 6.33 Å². The van der Waals surface area contributed by atoms with Crippen LogP contribution in [-0.4, -0.2) is 23.1 Å². The normalized spacial score (nSPS) is 26.5. The molecule has 3 atom stereocenters. The Morgan fingerprint density at radius 3 is 2.48 bits per heavy atom. The van der Waals surface area contributed by atoms with E-state index in [1.54, 1.807) is 6.33 Å². The fourth-order valence-electron chi connectivity index (χ4n) is 3.58. The van der Waals surface area contributed by atoms with Gasteiger partial charge in [0.25, 0.3) is 0 Å². The van der Waals surface area contributed by atoms with Crippen molar-refractivity contribution in [1.29, 1.82) is 0 Å². The number of aromatic nitrogens is 2. The average Bonchev–Trinajstić information content (AvgIpc) is 2.48. The molecule has 1 aliphatic rings. The smallest absolute Gasteiger partial charge is 0.115 e. The molecule has 3 nitrogen and oxygen atoms in total. The molecule has 0 aromatic carbocycles. The van der Waals surface area contributed by atoms with E-state index in [2.05, 4.69) is 43.0 Å². The average molecular weight is 289 g/mol. The van der Waals surface area contributed by atoms with Crippen LogP contribution in [0.2, 0.25) is 0 Å². The highest BCUT2D eigenvalue weighted by Gasteiger charge is 2.32. The van der Waals surface area contributed by atoms with Gasteiger partial charge in [-0.1, -0.05) is 27.7 Å². The molecule has 2 rings (SSSR count). The standard InChI is InChI=1S/C18H31N3/c1-13(2)8-19-9-16-6-5-15(14(3)4)7-18(16)17-10-20-12-21-11-17/h10-16,18-19H,5-9H2,1-4H3. The number of rotatable bonds is 6. The molecule has 1 aromatic heterocycles. The fourth-order valence-corrected chi connectivity index (χ4v) is 3.58. The third kappa shape index (κ3) is 4.77. The molecule has 0 bridgehead atoms. The Morgan fingerprint density at radius 1 is 1.14 bits per heavy atom. The van der Waals surface area contributed by atoms with E-state index in [4.69, 9.17) is 0 Å². The van der Waals surface area contributed by atoms with E-state index >= 15 is 0 Å². The van der Waals surface area contributed by atoms with Gasteiger partial charge in [-0.15, -0.1) is 0 Å². The summed E-state index contributed by atoms with van der Waals surface area (Å²) in [6.45, 7) is 11.5. The summed E-state index contributed by atoms with van der Waals surface area (Å²) in [7, 11) is 0. The first-order chi connectivity index (χ1) is 10.1. The van der Waals surface area contributed by atoms with Gasteiger partial charge in [-0.25, -0.2) is 9.97 Å². The van der Waals surface area contributed by atoms with Crippen molar-refractivity contribution >= 4 is 0 Å². The van der Waals surface area contributed by atoms with Crippen molar-refractivity contribution in [2.24, 2.45) is 23.7 Å². The van der Waals surface area contributed by atoms with E-state index < -0.39 is 0 Å². The van der Waals surface area contributed by atoms with E-state index in [0.717, 1.165) is 36.8 Å². The molecule has 118 valence electrons. The number of hydrogen-bond donors (Lipinski definition) is 1. The molecule has 3 unspecified atom stereocenters. The summed E-state index contributed by atoms with van der Waals surface area (Å²) in [5.41, 5.74) is 1.33. The van der Waals surface area contributed by atoms with Crippen LogP contribution in [0.1, 0.15) is 58.4 Å². The van der Waals surface area contributed by atoms with Crippen LogP contribution in [0.25, 0.3) is 0 Å². The Kier molecular flexibility index (Phi) is 6.16. The number of nitrogens with one attached hydrogen (secondary N) is 1. The van der Waals surface area contributed by atoms with Crippen molar-refractivity contribution in [2.45, 2.75) is 52.9 Å². The van der Waals surface area contributed by atoms with Gasteiger partial charge in [-0.05, 0) is 67.5 Å². The van der Waals surface area contributed by atoms with E-state index in [-0.39, 0.29) is 0 Å². The molecule has 1 N–H and O–H groups in total. The SMILES string of the molecule is CC(C)CNCC1CCC(C(C)C)CC1c1cncnc1. The molecule has 0 radical (unpaired) electrons. The lowest BCUT2D eigenvalue weighted by Gasteiger charge is -2.38. The zero-order valence-corrected chi connectivity index (χ0v) is 14.0. The summed E-state index contributed by atoms with van der Waals surface area (Å²) in [4.78, 5) is 8.48. The third-order valence-electron chi connectivity index (χ3n) is 4.94. The molecule has 0 aliphatic heterocycles. The zero-order chi connectivity index (χ0) is 15.2. The summed E-state index contributed by atoms with van der Waals surface area (Å²) >= 11 is 0. The van der Waals surface area contributed by atoms with Crippen LogP contribution in [0.15, 0.2) is 18.7 Å². The second kappa shape index (κ2) is 7.88. The van der Waals surface area contributed by atoms with Gasteiger partial charge in [0.05, 0.1) is 0 Å². The predicted octanol–water partition coefficient (Wildman–Crippen LogP) is 3.88. The van der Waals surface area contributed by atoms with Crippen molar-refractivity contribution in [3.05, 3.63) is 24.3 Å². The minimum absolute atomic E-state index is 0.618. The molecule has 1 saturated carbocycles. The van der Waals surface area contributed by atoms with E-state index in [1.807, 2.05) is 12.4 Å². The molecule has 0 saturated heterocycles. The van der Waals surface area contributed by atoms with Crippen LogP contribution in [0, 0.1) is 23.7 Å². The quantitative estimate of drug-likeness (QED) is 0.863. The summed E-state index contributed by atoms with van der Waals surface area (Å²) in [5.74, 6) is 3.69. The zero-order valence-electron chi connectivity index (χ0n) is 14.0. The highest BCUT2D eigenvalue weighted by Crippen LogP contribution is 2.42. The van der Waals surface area contributed by atoms with Crippen LogP contribution < -0.4 is 5.32 Å². The largest absolute Gasteiger partial charge is 0.316 e. The van der Waals surface area contributed by atoms with Crippen LogP contribution in [0.3, 0.4) is 0 Å². The van der Waals surface area contributed by atoms with Crippen molar-refractivity contribution < 1.29 is 0 Å². The molecule has 1 fully saturated rings. The highest BCUT2D eigenvalue weighted by atomic mass is 14.9. The van der Waals surface area contributed by atoms with Gasteiger partial charge in [0.15, 0.2) is 0 Å². The van der Waals surface area contributed by atoms with Crippen molar-refractivity contribution in [3.8, 4) is 0 Å². The second-order valence-corrected chi connectivity index (χ2v) is 7.41. The van der Waals surface area contributed by atoms with Crippen molar-refractivity contribution in [3.63, 3.8) is 0 Å². The predicted molar refractivity (Wildman–Crippen MR) is 88.1 cm³/mol. The maximum atomic E-state index is 4.24. The van der Waals surface area contributed by atoms with Crippen LogP contribution in [-0.2, 0) is 0 Å². The Morgan fingerprint density at radius 2 is 1.86 bits per heavy atom. The molecule has 1 heterocycles. The third-order valence-corrected chi connectivity index (χ3v) is 4.94. The maximum Gasteiger partial charge on any atom is 0.115 e. The molecule has 1 aliphatic carbocycles. The first-order valence-corrected chi connectivity index (χ1v) is 8.53. The molecule has 21 heavy (non-hydrogen) atoms. The van der Waals surface area contributed by atoms with Crippen LogP contribution >= 0.6 is 0 Å². The van der Waals surface area contributed by atoms with Gasteiger partial charge in [0.2, 0.25) is 0 Å². The lowest BCUT2D eigenvalue weighted by Crippen LogP contribution is -2.34. The number of nitrogens with zero attached hydrogens (tertiary/aromatic N) is 2. The lowest BCUT2D eigenvalue weighted by atomic mass is 9.68. The summed E-state index contributed by atoms with van der Waals surface area (Å²) in [6, 6.07) is 0. The van der Waals surface area contributed by atoms with E-state index in [1.165, 1.54) is 24.8 Å². The lowest BCUT2D eigenvalue weighted by molar-refractivity contribution is 0.189. The maximum absolute atomic E-state index is 4.24. The Hall–Kier alpha value is -0.960. The summed E-state index contributed by atoms with van der Waals surface area (Å²) < 4.78 is 0. The van der Waals surface area contributed by atoms with Crippen LogP contribution in [0.5, 0.6) is 0 Å². The van der Waals surface area contributed by atoms with Gasteiger partial charge in [-0.3, -0.25) is 0 Å². The first kappa shape index (κ1) is 16.4. The Balaban J connectivity index is 2.03. The minimum Gasteiger partial charge on any atom is -0.316 e. The van der Waals surface area contributed by atoms with Gasteiger partial charge >= 0.3 is 0 Å². The fraction of sp³-hybridized carbons (Fsp3) is 0.778. The molecule has 0 spiro atoms. The monoisotopic (exact) mass is 289 g/mol. The van der Waals surface area contributed by atoms with Crippen molar-refractivity contribution in [2.75, 3.05) is 13.1 Å². The first-order valence-electron chi connectivity index (χ1n) is 8.53. The van der Waals surface area contributed by atoms with Gasteiger partial charge < -0.3 is 5.32 Å². The van der Waals surface area contributed by atoms with Crippen LogP contribution in [0.4, 0.5) is 0 Å². The molecular weight excluding hydrogens is 258 g/mol. The Bertz CT molecular complexity index is 400. The summed E-state index contributed by atoms with van der Waals surface area (Å²) in [5, 5.41) is 3.66. The van der Waals surface area contributed by atoms with Gasteiger partial charge in [0, 0.05) is 12.4 Å². The molecule has 0 amide bonds. The van der Waals surface area contributed by atoms with E-state index in [0.29, 0.717) is 5.92 Å². The topological polar surface area (TPSA) is 37.8 Å². The minimum atomic E-state index is 0.618. The van der Waals surface area contributed by atoms with Crippen molar-refractivity contribution in [1.82, 2.24) is 15.3 Å². The Labute approximate surface area is 130 Å². The van der Waals surface area contributed by atoms with Gasteiger partial charge in [-0.2, -0.15) is 0 Å². The second-order valence-electron chi connectivity index (χ2n) is 7.41. The highest BCUT2D eigenvalue weighted by molar-refractivity contribution is 5.13. The summed E-state index contributed by atoms with van der Waals surface area (Å²) in [6.07, 6.45) is 9.67. The molecule has 1 aromatic rings. The number of hydrogen-bond acceptors (Lipinski definition) is 3. The molecule has 3 heteroatoms. The van der Waals surface area contributed by atoms with E-state index in [9.17, 15) is 0 Å². The molecular formula is C18H31N3.